The molecule has 0 radical (unpaired) electrons. The van der Waals surface area contributed by atoms with E-state index < -0.39 is 0 Å². The summed E-state index contributed by atoms with van der Waals surface area (Å²) >= 11 is 0. The quantitative estimate of drug-likeness (QED) is 0.789. The molecule has 134 valence electrons. The third-order valence-electron chi connectivity index (χ3n) is 6.45. The first-order valence-electron chi connectivity index (χ1n) is 9.49. The Morgan fingerprint density at radius 1 is 1.19 bits per heavy atom. The van der Waals surface area contributed by atoms with Crippen LogP contribution in [0.3, 0.4) is 0 Å². The molecule has 0 amide bonds. The fraction of sp³-hybridized carbons (Fsp3) is 0.429. The lowest BCUT2D eigenvalue weighted by atomic mass is 9.74. The molecule has 2 aliphatic heterocycles. The Bertz CT molecular complexity index is 931. The maximum Gasteiger partial charge on any atom is 0.142 e. The molecule has 26 heavy (non-hydrogen) atoms. The van der Waals surface area contributed by atoms with Gasteiger partial charge in [-0.05, 0) is 30.9 Å². The van der Waals surface area contributed by atoms with E-state index in [4.69, 9.17) is 0 Å². The van der Waals surface area contributed by atoms with E-state index in [1.54, 1.807) is 6.33 Å². The standard InChI is InChI=1S/C21H25N5/c1-15-3-5-17(6-4-15)12-26-11-16(2)21(26)8-10-25(13-21)20-18-7-9-22-19(18)23-14-24-20/h3-7,9,14,16H,8,10-13H2,1-2H3,(H,22,23,24)/t16-,21-/m0/s1. The number of H-pyrrole nitrogens is 1. The van der Waals surface area contributed by atoms with Crippen LogP contribution in [0.4, 0.5) is 5.82 Å². The first-order chi connectivity index (χ1) is 12.7. The molecule has 2 fully saturated rings. The Kier molecular flexibility index (Phi) is 3.54. The Balaban J connectivity index is 1.39. The molecule has 1 aromatic carbocycles. The van der Waals surface area contributed by atoms with Crippen LogP contribution in [0.5, 0.6) is 0 Å². The summed E-state index contributed by atoms with van der Waals surface area (Å²) in [6.45, 7) is 8.90. The summed E-state index contributed by atoms with van der Waals surface area (Å²) in [5.41, 5.74) is 3.94. The lowest BCUT2D eigenvalue weighted by molar-refractivity contribution is -0.0647. The second-order valence-electron chi connectivity index (χ2n) is 7.98. The highest BCUT2D eigenvalue weighted by molar-refractivity contribution is 5.87. The van der Waals surface area contributed by atoms with Gasteiger partial charge in [-0.25, -0.2) is 9.97 Å². The van der Waals surface area contributed by atoms with Crippen LogP contribution in [0.2, 0.25) is 0 Å². The SMILES string of the molecule is Cc1ccc(CN2C[C@H](C)[C@@]23CCN(c2ncnc4[nH]ccc24)C3)cc1. The molecule has 5 rings (SSSR count). The lowest BCUT2D eigenvalue weighted by Gasteiger charge is -2.56. The highest BCUT2D eigenvalue weighted by Crippen LogP contribution is 2.45. The van der Waals surface area contributed by atoms with Crippen molar-refractivity contribution < 1.29 is 0 Å². The summed E-state index contributed by atoms with van der Waals surface area (Å²) in [6, 6.07) is 11.1. The van der Waals surface area contributed by atoms with Crippen molar-refractivity contribution in [2.45, 2.75) is 32.4 Å². The van der Waals surface area contributed by atoms with Gasteiger partial charge in [0.15, 0.2) is 0 Å². The average Bonchev–Trinajstić information content (AvgIpc) is 3.31. The van der Waals surface area contributed by atoms with Crippen LogP contribution in [0, 0.1) is 12.8 Å². The van der Waals surface area contributed by atoms with Crippen molar-refractivity contribution in [2.24, 2.45) is 5.92 Å². The molecule has 0 aliphatic carbocycles. The summed E-state index contributed by atoms with van der Waals surface area (Å²) in [4.78, 5) is 17.3. The summed E-state index contributed by atoms with van der Waals surface area (Å²) in [7, 11) is 0. The van der Waals surface area contributed by atoms with Gasteiger partial charge >= 0.3 is 0 Å². The van der Waals surface area contributed by atoms with Crippen molar-refractivity contribution in [1.29, 1.82) is 0 Å². The molecule has 0 saturated carbocycles. The number of rotatable bonds is 3. The van der Waals surface area contributed by atoms with Gasteiger partial charge in [0.05, 0.1) is 5.39 Å². The minimum absolute atomic E-state index is 0.276. The van der Waals surface area contributed by atoms with Crippen molar-refractivity contribution in [1.82, 2.24) is 19.9 Å². The number of nitrogens with zero attached hydrogens (tertiary/aromatic N) is 4. The van der Waals surface area contributed by atoms with Crippen LogP contribution in [-0.4, -0.2) is 45.0 Å². The molecule has 0 bridgehead atoms. The van der Waals surface area contributed by atoms with Crippen molar-refractivity contribution in [2.75, 3.05) is 24.5 Å². The molecule has 0 unspecified atom stereocenters. The number of hydrogen-bond acceptors (Lipinski definition) is 4. The minimum atomic E-state index is 0.276. The lowest BCUT2D eigenvalue weighted by Crippen LogP contribution is -2.66. The monoisotopic (exact) mass is 347 g/mol. The van der Waals surface area contributed by atoms with Crippen LogP contribution < -0.4 is 4.90 Å². The molecule has 2 aliphatic rings. The number of aromatic amines is 1. The number of anilines is 1. The molecule has 5 nitrogen and oxygen atoms in total. The molecular formula is C21H25N5. The highest BCUT2D eigenvalue weighted by Gasteiger charge is 2.54. The Hall–Kier alpha value is -2.40. The molecule has 5 heteroatoms. The van der Waals surface area contributed by atoms with Gasteiger partial charge in [0.25, 0.3) is 0 Å². The van der Waals surface area contributed by atoms with Gasteiger partial charge in [-0.3, -0.25) is 4.90 Å². The second-order valence-corrected chi connectivity index (χ2v) is 7.98. The van der Waals surface area contributed by atoms with Crippen LogP contribution in [0.25, 0.3) is 11.0 Å². The fourth-order valence-electron chi connectivity index (χ4n) is 4.79. The summed E-state index contributed by atoms with van der Waals surface area (Å²) < 4.78 is 0. The van der Waals surface area contributed by atoms with E-state index in [0.717, 1.165) is 42.4 Å². The van der Waals surface area contributed by atoms with Crippen molar-refractivity contribution in [3.63, 3.8) is 0 Å². The number of benzene rings is 1. The van der Waals surface area contributed by atoms with Crippen LogP contribution in [-0.2, 0) is 6.54 Å². The fourth-order valence-corrected chi connectivity index (χ4v) is 4.79. The summed E-state index contributed by atoms with van der Waals surface area (Å²) in [6.07, 6.45) is 4.83. The first kappa shape index (κ1) is 15.8. The third-order valence-corrected chi connectivity index (χ3v) is 6.45. The van der Waals surface area contributed by atoms with Gasteiger partial charge in [0.1, 0.15) is 17.8 Å². The van der Waals surface area contributed by atoms with Crippen molar-refractivity contribution >= 4 is 16.9 Å². The molecule has 2 aromatic heterocycles. The van der Waals surface area contributed by atoms with Gasteiger partial charge in [0.2, 0.25) is 0 Å². The van der Waals surface area contributed by atoms with E-state index in [1.807, 2.05) is 6.20 Å². The predicted molar refractivity (Wildman–Crippen MR) is 104 cm³/mol. The Morgan fingerprint density at radius 2 is 2.04 bits per heavy atom. The maximum absolute atomic E-state index is 4.61. The molecule has 1 spiro atoms. The third kappa shape index (κ3) is 2.34. The van der Waals surface area contributed by atoms with Crippen LogP contribution in [0.1, 0.15) is 24.5 Å². The first-order valence-corrected chi connectivity index (χ1v) is 9.49. The molecule has 1 N–H and O–H groups in total. The molecular weight excluding hydrogens is 322 g/mol. The summed E-state index contributed by atoms with van der Waals surface area (Å²) in [5, 5.41) is 1.13. The normalized spacial score (nSPS) is 25.9. The maximum atomic E-state index is 4.61. The molecule has 2 saturated heterocycles. The smallest absolute Gasteiger partial charge is 0.142 e. The van der Waals surface area contributed by atoms with Crippen molar-refractivity contribution in [3.05, 3.63) is 54.0 Å². The van der Waals surface area contributed by atoms with Crippen LogP contribution in [0.15, 0.2) is 42.9 Å². The summed E-state index contributed by atoms with van der Waals surface area (Å²) in [5.74, 6) is 1.80. The number of fused-ring (bicyclic) bond motifs is 1. The average molecular weight is 347 g/mol. The topological polar surface area (TPSA) is 48.1 Å². The van der Waals surface area contributed by atoms with E-state index in [9.17, 15) is 0 Å². The van der Waals surface area contributed by atoms with Crippen molar-refractivity contribution in [3.8, 4) is 0 Å². The zero-order chi connectivity index (χ0) is 17.7. The van der Waals surface area contributed by atoms with E-state index in [0.29, 0.717) is 0 Å². The molecule has 3 aromatic rings. The van der Waals surface area contributed by atoms with E-state index in [1.165, 1.54) is 24.1 Å². The molecule has 2 atom stereocenters. The largest absolute Gasteiger partial charge is 0.354 e. The zero-order valence-electron chi connectivity index (χ0n) is 15.4. The number of likely N-dealkylation sites (tertiary alicyclic amines) is 1. The second kappa shape index (κ2) is 5.81. The van der Waals surface area contributed by atoms with Gasteiger partial charge in [-0.15, -0.1) is 0 Å². The van der Waals surface area contributed by atoms with Crippen LogP contribution >= 0.6 is 0 Å². The van der Waals surface area contributed by atoms with Gasteiger partial charge < -0.3 is 9.88 Å². The minimum Gasteiger partial charge on any atom is -0.354 e. The highest BCUT2D eigenvalue weighted by atomic mass is 15.4. The predicted octanol–water partition coefficient (Wildman–Crippen LogP) is 3.37. The Morgan fingerprint density at radius 3 is 2.85 bits per heavy atom. The number of hydrogen-bond donors (Lipinski definition) is 1. The number of aryl methyl sites for hydroxylation is 1. The van der Waals surface area contributed by atoms with Gasteiger partial charge in [0, 0.05) is 37.9 Å². The van der Waals surface area contributed by atoms with E-state index in [2.05, 4.69) is 68.9 Å². The zero-order valence-corrected chi connectivity index (χ0v) is 15.4. The molecule has 4 heterocycles. The number of nitrogens with one attached hydrogen (secondary N) is 1. The van der Waals surface area contributed by atoms with Gasteiger partial charge in [-0.1, -0.05) is 36.8 Å². The van der Waals surface area contributed by atoms with E-state index in [-0.39, 0.29) is 5.54 Å². The van der Waals surface area contributed by atoms with Gasteiger partial charge in [-0.2, -0.15) is 0 Å². The Labute approximate surface area is 154 Å². The number of aromatic nitrogens is 3. The van der Waals surface area contributed by atoms with E-state index >= 15 is 0 Å².